The molecule has 22 heavy (non-hydrogen) atoms. The van der Waals surface area contributed by atoms with Crippen molar-refractivity contribution in [2.45, 2.75) is 3.79 Å². The summed E-state index contributed by atoms with van der Waals surface area (Å²) in [7, 11) is -4.31. The zero-order valence-corrected chi connectivity index (χ0v) is 14.0. The van der Waals surface area contributed by atoms with E-state index in [1.165, 1.54) is 5.56 Å². The maximum absolute atomic E-state index is 10.5. The van der Waals surface area contributed by atoms with Gasteiger partial charge in [0.25, 0.3) is 0 Å². The number of hydrogen-bond donors (Lipinski definition) is 0. The van der Waals surface area contributed by atoms with Gasteiger partial charge in [0.2, 0.25) is 3.79 Å². The number of nitrogens with zero attached hydrogens (tertiary/aromatic N) is 5. The third-order valence-corrected chi connectivity index (χ3v) is 2.56. The molecular formula is C10H10Cl3N5O3S. The van der Waals surface area contributed by atoms with E-state index in [2.05, 4.69) is 15.3 Å². The van der Waals surface area contributed by atoms with E-state index >= 15 is 0 Å². The van der Waals surface area contributed by atoms with E-state index in [0.717, 1.165) is 0 Å². The first-order valence-electron chi connectivity index (χ1n) is 5.10. The molecule has 0 aliphatic carbocycles. The van der Waals surface area contributed by atoms with Crippen LogP contribution >= 0.6 is 34.8 Å². The van der Waals surface area contributed by atoms with Gasteiger partial charge >= 0.3 is 10.3 Å². The molecule has 0 unspecified atom stereocenters. The molecule has 120 valence electrons. The number of benzene rings is 1. The summed E-state index contributed by atoms with van der Waals surface area (Å²) in [5.74, 6) is 0. The number of rotatable bonds is 4. The summed E-state index contributed by atoms with van der Waals surface area (Å²) in [5, 5.41) is 12.0. The third kappa shape index (κ3) is 14.9. The van der Waals surface area contributed by atoms with Crippen molar-refractivity contribution in [3.8, 4) is 0 Å². The Balaban J connectivity index is 0. The Labute approximate surface area is 142 Å². The van der Waals surface area contributed by atoms with Crippen LogP contribution in [-0.4, -0.2) is 18.8 Å². The number of hydrogen-bond acceptors (Lipinski definition) is 5. The first-order valence-corrected chi connectivity index (χ1v) is 7.60. The van der Waals surface area contributed by atoms with E-state index in [0.29, 0.717) is 0 Å². The number of azide groups is 1. The van der Waals surface area contributed by atoms with Gasteiger partial charge in [-0.25, -0.2) is 0 Å². The molecule has 0 saturated heterocycles. The minimum Gasteiger partial charge on any atom is -0.260 e. The Bertz CT molecular complexity index is 610. The lowest BCUT2D eigenvalue weighted by Crippen LogP contribution is -2.15. The van der Waals surface area contributed by atoms with Crippen molar-refractivity contribution >= 4 is 51.2 Å². The Morgan fingerprint density at radius 3 is 2.14 bits per heavy atom. The highest BCUT2D eigenvalue weighted by Crippen LogP contribution is 2.26. The van der Waals surface area contributed by atoms with Gasteiger partial charge in [0.1, 0.15) is 6.61 Å². The lowest BCUT2D eigenvalue weighted by Gasteiger charge is -2.08. The standard InChI is InChI=1S/C8H8.C2H2Cl3N3O3S.N2/c1-2-8-6-4-3-5-7-8;3-2(4,5)1-11-12(9,10)8-7-6;1-2/h2-7H,1H2;1H2;. The number of alkyl halides is 3. The molecule has 1 aromatic rings. The minimum absolute atomic E-state index is 0.709. The van der Waals surface area contributed by atoms with Crippen molar-refractivity contribution in [3.63, 3.8) is 0 Å². The van der Waals surface area contributed by atoms with Crippen LogP contribution in [0.5, 0.6) is 0 Å². The molecule has 0 heterocycles. The molecular weight excluding hydrogens is 377 g/mol. The van der Waals surface area contributed by atoms with Crippen LogP contribution in [0.25, 0.3) is 16.5 Å². The van der Waals surface area contributed by atoms with Gasteiger partial charge in [0.05, 0.1) is 4.52 Å². The predicted molar refractivity (Wildman–Crippen MR) is 84.3 cm³/mol. The van der Waals surface area contributed by atoms with Crippen LogP contribution in [0.4, 0.5) is 0 Å². The highest BCUT2D eigenvalue weighted by Gasteiger charge is 2.23. The molecule has 0 fully saturated rings. The summed E-state index contributed by atoms with van der Waals surface area (Å²) in [4.78, 5) is 1.99. The maximum atomic E-state index is 10.5. The zero-order valence-electron chi connectivity index (χ0n) is 10.9. The molecule has 0 N–H and O–H groups in total. The van der Waals surface area contributed by atoms with Crippen LogP contribution in [0.2, 0.25) is 0 Å². The van der Waals surface area contributed by atoms with E-state index in [9.17, 15) is 8.42 Å². The molecule has 8 nitrogen and oxygen atoms in total. The van der Waals surface area contributed by atoms with Gasteiger partial charge in [0, 0.05) is 15.7 Å². The Morgan fingerprint density at radius 2 is 1.82 bits per heavy atom. The summed E-state index contributed by atoms with van der Waals surface area (Å²) in [6.45, 7) is 2.92. The summed E-state index contributed by atoms with van der Waals surface area (Å²) in [6, 6.07) is 10.0. The van der Waals surface area contributed by atoms with Crippen LogP contribution in [-0.2, 0) is 14.5 Å². The van der Waals surface area contributed by atoms with E-state index in [1.807, 2.05) is 41.3 Å². The normalized spacial score (nSPS) is 9.86. The van der Waals surface area contributed by atoms with Crippen LogP contribution in [0.15, 0.2) is 41.4 Å². The fourth-order valence-corrected chi connectivity index (χ4v) is 1.62. The lowest BCUT2D eigenvalue weighted by molar-refractivity contribution is 0.326. The second-order valence-electron chi connectivity index (χ2n) is 3.09. The van der Waals surface area contributed by atoms with E-state index in [4.69, 9.17) is 51.1 Å². The molecule has 0 aliphatic rings. The van der Waals surface area contributed by atoms with E-state index < -0.39 is 20.7 Å². The summed E-state index contributed by atoms with van der Waals surface area (Å²) in [6.07, 6.45) is 1.83. The third-order valence-electron chi connectivity index (χ3n) is 1.54. The van der Waals surface area contributed by atoms with Gasteiger partial charge in [-0.3, -0.25) is 4.18 Å². The molecule has 12 heteroatoms. The molecule has 0 aromatic heterocycles. The molecule has 0 saturated carbocycles. The van der Waals surface area contributed by atoms with Crippen molar-refractivity contribution < 1.29 is 12.6 Å². The first kappa shape index (κ1) is 22.7. The predicted octanol–water partition coefficient (Wildman–Crippen LogP) is 4.29. The van der Waals surface area contributed by atoms with Gasteiger partial charge in [-0.2, -0.15) is 8.42 Å². The van der Waals surface area contributed by atoms with Crippen molar-refractivity contribution in [2.75, 3.05) is 6.61 Å². The van der Waals surface area contributed by atoms with Gasteiger partial charge in [0.15, 0.2) is 0 Å². The fraction of sp³-hybridized carbons (Fsp3) is 0.200. The lowest BCUT2D eigenvalue weighted by atomic mass is 10.2. The summed E-state index contributed by atoms with van der Waals surface area (Å²) >= 11 is 15.4. The summed E-state index contributed by atoms with van der Waals surface area (Å²) in [5.41, 5.74) is 8.91. The Kier molecular flexibility index (Phi) is 12.5. The average Bonchev–Trinajstić information content (AvgIpc) is 2.48. The topological polar surface area (TPSA) is 140 Å². The average molecular weight is 387 g/mol. The number of halogens is 3. The molecule has 0 aliphatic heterocycles. The molecule has 1 aromatic carbocycles. The van der Waals surface area contributed by atoms with Crippen LogP contribution < -0.4 is 0 Å². The minimum atomic E-state index is -4.31. The fourth-order valence-electron chi connectivity index (χ4n) is 0.799. The van der Waals surface area contributed by atoms with Gasteiger partial charge in [-0.15, -0.1) is 0 Å². The zero-order chi connectivity index (χ0) is 17.6. The second kappa shape index (κ2) is 12.1. The van der Waals surface area contributed by atoms with Gasteiger partial charge < -0.3 is 0 Å². The van der Waals surface area contributed by atoms with Crippen LogP contribution in [0, 0.1) is 10.8 Å². The molecule has 0 atom stereocenters. The Hall–Kier alpha value is -1.53. The smallest absolute Gasteiger partial charge is 0.260 e. The molecule has 0 radical (unpaired) electrons. The van der Waals surface area contributed by atoms with Gasteiger partial charge in [-0.05, 0) is 11.1 Å². The SMILES string of the molecule is C=Cc1ccccc1.N#N.[N-]=[N+]=NS(=O)(=O)OCC(Cl)(Cl)Cl. The van der Waals surface area contributed by atoms with Crippen LogP contribution in [0.3, 0.4) is 0 Å². The molecule has 0 amide bonds. The summed E-state index contributed by atoms with van der Waals surface area (Å²) < 4.78 is 25.4. The van der Waals surface area contributed by atoms with Crippen molar-refractivity contribution in [1.82, 2.24) is 0 Å². The molecule has 0 spiro atoms. The first-order chi connectivity index (χ1) is 10.2. The highest BCUT2D eigenvalue weighted by atomic mass is 35.6. The molecule has 0 bridgehead atoms. The maximum Gasteiger partial charge on any atom is 0.358 e. The second-order valence-corrected chi connectivity index (χ2v) is 6.86. The van der Waals surface area contributed by atoms with Crippen LogP contribution in [0.1, 0.15) is 5.56 Å². The molecule has 1 rings (SSSR count). The van der Waals surface area contributed by atoms with E-state index in [1.54, 1.807) is 0 Å². The quantitative estimate of drug-likeness (QED) is 0.249. The van der Waals surface area contributed by atoms with Gasteiger partial charge in [-0.1, -0.05) is 77.8 Å². The Morgan fingerprint density at radius 1 is 1.32 bits per heavy atom. The van der Waals surface area contributed by atoms with E-state index in [-0.39, 0.29) is 0 Å². The van der Waals surface area contributed by atoms with Crippen molar-refractivity contribution in [2.24, 2.45) is 4.52 Å². The monoisotopic (exact) mass is 385 g/mol. The largest absolute Gasteiger partial charge is 0.358 e. The van der Waals surface area contributed by atoms with Crippen molar-refractivity contribution in [1.29, 1.82) is 10.8 Å². The van der Waals surface area contributed by atoms with Crippen molar-refractivity contribution in [3.05, 3.63) is 52.9 Å². The highest BCUT2D eigenvalue weighted by molar-refractivity contribution is 7.85.